The molecule has 3 heteroatoms. The number of alkyl halides is 1. The third-order valence-corrected chi connectivity index (χ3v) is 7.45. The fourth-order valence-electron chi connectivity index (χ4n) is 3.64. The predicted octanol–water partition coefficient (Wildman–Crippen LogP) is 4.78. The molecule has 102 valence electrons. The fourth-order valence-corrected chi connectivity index (χ4v) is 4.59. The molecule has 1 saturated carbocycles. The molecule has 2 rings (SSSR count). The minimum absolute atomic E-state index is 0.0248. The van der Waals surface area contributed by atoms with E-state index in [0.717, 1.165) is 24.3 Å². The molecule has 1 spiro atoms. The van der Waals surface area contributed by atoms with Crippen LogP contribution in [0.25, 0.3) is 0 Å². The minimum atomic E-state index is -0.344. The van der Waals surface area contributed by atoms with Crippen LogP contribution in [0.1, 0.15) is 46.5 Å². The van der Waals surface area contributed by atoms with Gasteiger partial charge in [-0.15, -0.1) is 0 Å². The van der Waals surface area contributed by atoms with Gasteiger partial charge in [-0.25, -0.2) is 0 Å². The molecule has 0 bridgehead atoms. The van der Waals surface area contributed by atoms with Gasteiger partial charge in [0.25, 0.3) is 0 Å². The van der Waals surface area contributed by atoms with E-state index in [1.54, 1.807) is 0 Å². The number of halogens is 2. The van der Waals surface area contributed by atoms with E-state index >= 15 is 0 Å². The van der Waals surface area contributed by atoms with Gasteiger partial charge in [-0.1, -0.05) is 59.1 Å². The van der Waals surface area contributed by atoms with Gasteiger partial charge < -0.3 is 5.11 Å². The molecule has 0 aliphatic heterocycles. The maximum Gasteiger partial charge on any atom is 0.0707 e. The Hall–Kier alpha value is 0.210. The summed E-state index contributed by atoms with van der Waals surface area (Å²) in [5, 5.41) is 11.2. The van der Waals surface area contributed by atoms with Crippen molar-refractivity contribution in [3.8, 4) is 0 Å². The summed E-state index contributed by atoms with van der Waals surface area (Å²) in [7, 11) is 0. The maximum absolute atomic E-state index is 10.2. The van der Waals surface area contributed by atoms with Crippen molar-refractivity contribution in [1.29, 1.82) is 0 Å². The summed E-state index contributed by atoms with van der Waals surface area (Å²) in [6, 6.07) is 0. The lowest BCUT2D eigenvalue weighted by atomic mass is 9.50. The van der Waals surface area contributed by atoms with Gasteiger partial charge in [0.15, 0.2) is 0 Å². The van der Waals surface area contributed by atoms with E-state index < -0.39 is 0 Å². The zero-order chi connectivity index (χ0) is 13.7. The Kier molecular flexibility index (Phi) is 3.77. The maximum atomic E-state index is 10.2. The van der Waals surface area contributed by atoms with Crippen LogP contribution in [0, 0.1) is 10.8 Å². The van der Waals surface area contributed by atoms with Crippen LogP contribution < -0.4 is 0 Å². The van der Waals surface area contributed by atoms with Crippen molar-refractivity contribution in [3.63, 3.8) is 0 Å². The Balaban J connectivity index is 2.45. The van der Waals surface area contributed by atoms with Crippen LogP contribution in [0.5, 0.6) is 0 Å². The zero-order valence-corrected chi connectivity index (χ0v) is 13.7. The molecular weight excluding hydrogens is 312 g/mol. The number of hydrogen-bond acceptors (Lipinski definition) is 1. The predicted molar refractivity (Wildman–Crippen MR) is 81.1 cm³/mol. The first-order chi connectivity index (χ1) is 8.22. The third kappa shape index (κ3) is 1.92. The highest BCUT2D eigenvalue weighted by atomic mass is 79.9. The first kappa shape index (κ1) is 14.6. The molecule has 0 aromatic heterocycles. The van der Waals surface area contributed by atoms with Crippen LogP contribution in [-0.2, 0) is 0 Å². The number of hydrogen-bond donors (Lipinski definition) is 1. The normalized spacial score (nSPS) is 40.4. The number of aliphatic hydroxyl groups excluding tert-OH is 1. The Morgan fingerprint density at radius 1 is 1.44 bits per heavy atom. The van der Waals surface area contributed by atoms with Crippen molar-refractivity contribution in [1.82, 2.24) is 0 Å². The van der Waals surface area contributed by atoms with Crippen LogP contribution in [0.2, 0.25) is 0 Å². The summed E-state index contributed by atoms with van der Waals surface area (Å²) in [4.78, 5) is 0.0957. The Morgan fingerprint density at radius 3 is 2.61 bits per heavy atom. The van der Waals surface area contributed by atoms with E-state index in [1.807, 2.05) is 0 Å². The van der Waals surface area contributed by atoms with Gasteiger partial charge in [0.2, 0.25) is 0 Å². The topological polar surface area (TPSA) is 20.2 Å². The van der Waals surface area contributed by atoms with Gasteiger partial charge in [0.1, 0.15) is 0 Å². The van der Waals surface area contributed by atoms with Crippen LogP contribution in [0.4, 0.5) is 0 Å². The van der Waals surface area contributed by atoms with Crippen molar-refractivity contribution in [2.75, 3.05) is 0 Å². The van der Waals surface area contributed by atoms with E-state index in [4.69, 9.17) is 11.6 Å². The second kappa shape index (κ2) is 4.64. The molecule has 0 aromatic rings. The van der Waals surface area contributed by atoms with E-state index in [1.165, 1.54) is 11.1 Å². The lowest BCUT2D eigenvalue weighted by Crippen LogP contribution is -2.54. The second-order valence-electron chi connectivity index (χ2n) is 6.44. The Morgan fingerprint density at radius 2 is 2.06 bits per heavy atom. The summed E-state index contributed by atoms with van der Waals surface area (Å²) in [5.41, 5.74) is 2.46. The second-order valence-corrected chi connectivity index (χ2v) is 7.89. The molecule has 0 amide bonds. The molecule has 1 nitrogen and oxygen atoms in total. The van der Waals surface area contributed by atoms with Crippen molar-refractivity contribution in [2.45, 2.75) is 57.4 Å². The van der Waals surface area contributed by atoms with E-state index in [0.29, 0.717) is 6.42 Å². The van der Waals surface area contributed by atoms with Gasteiger partial charge >= 0.3 is 0 Å². The van der Waals surface area contributed by atoms with Crippen LogP contribution in [-0.4, -0.2) is 16.0 Å². The third-order valence-electron chi connectivity index (χ3n) is 5.24. The average molecular weight is 334 g/mol. The molecule has 0 radical (unpaired) electrons. The number of rotatable bonds is 0. The molecule has 0 unspecified atom stereocenters. The van der Waals surface area contributed by atoms with Gasteiger partial charge in [0.05, 0.1) is 6.10 Å². The molecule has 2 aliphatic rings. The highest BCUT2D eigenvalue weighted by Gasteiger charge is 2.56. The first-order valence-electron chi connectivity index (χ1n) is 6.57. The van der Waals surface area contributed by atoms with Crippen molar-refractivity contribution in [3.05, 3.63) is 22.8 Å². The smallest absolute Gasteiger partial charge is 0.0707 e. The van der Waals surface area contributed by atoms with Crippen LogP contribution in [0.3, 0.4) is 0 Å². The monoisotopic (exact) mass is 332 g/mol. The molecule has 0 saturated heterocycles. The number of allylic oxidation sites excluding steroid dienone is 2. The van der Waals surface area contributed by atoms with Crippen LogP contribution in [0.15, 0.2) is 22.8 Å². The highest BCUT2D eigenvalue weighted by Crippen LogP contribution is 2.62. The van der Waals surface area contributed by atoms with Crippen molar-refractivity contribution >= 4 is 27.5 Å². The lowest BCUT2D eigenvalue weighted by Gasteiger charge is -2.57. The quantitative estimate of drug-likeness (QED) is 0.499. The lowest BCUT2D eigenvalue weighted by molar-refractivity contribution is 0.000421. The van der Waals surface area contributed by atoms with Gasteiger partial charge in [-0.05, 0) is 38.0 Å². The van der Waals surface area contributed by atoms with Gasteiger partial charge in [-0.3, -0.25) is 0 Å². The standard InChI is InChI=1S/C15H22BrClO/c1-9-5-6-15(8-11(9)17)10(2)7-12(18)13(16)14(15,3)4/h12-13,18H,2,5-8H2,1,3-4H3/t12-,13-,15+/m0/s1. The zero-order valence-electron chi connectivity index (χ0n) is 11.4. The SMILES string of the molecule is C=C1C[C@H](O)[C@H](Br)C(C)(C)[C@@]12CCC(C)=C(Cl)C2. The molecule has 1 N–H and O–H groups in total. The van der Waals surface area contributed by atoms with Crippen molar-refractivity contribution in [2.24, 2.45) is 10.8 Å². The van der Waals surface area contributed by atoms with Gasteiger partial charge in [-0.2, -0.15) is 0 Å². The summed E-state index contributed by atoms with van der Waals surface area (Å²) in [6.07, 6.45) is 3.35. The van der Waals surface area contributed by atoms with E-state index in [2.05, 4.69) is 43.3 Å². The summed E-state index contributed by atoms with van der Waals surface area (Å²) in [6.45, 7) is 10.8. The van der Waals surface area contributed by atoms with E-state index in [-0.39, 0.29) is 21.8 Å². The average Bonchev–Trinajstić information content (AvgIpc) is 2.29. The molecule has 2 aliphatic carbocycles. The van der Waals surface area contributed by atoms with Gasteiger partial charge in [0, 0.05) is 15.3 Å². The number of aliphatic hydroxyl groups is 1. The largest absolute Gasteiger partial charge is 0.392 e. The molecule has 0 heterocycles. The van der Waals surface area contributed by atoms with Crippen molar-refractivity contribution < 1.29 is 5.11 Å². The molecule has 0 aromatic carbocycles. The Labute approximate surface area is 123 Å². The summed E-state index contributed by atoms with van der Waals surface area (Å²) >= 11 is 10.1. The Bertz CT molecular complexity index is 413. The summed E-state index contributed by atoms with van der Waals surface area (Å²) in [5.74, 6) is 0. The first-order valence-corrected chi connectivity index (χ1v) is 7.86. The molecule has 1 fully saturated rings. The molecule has 3 atom stereocenters. The van der Waals surface area contributed by atoms with Crippen LogP contribution >= 0.6 is 27.5 Å². The minimum Gasteiger partial charge on any atom is -0.392 e. The summed E-state index contributed by atoms with van der Waals surface area (Å²) < 4.78 is 0. The fraction of sp³-hybridized carbons (Fsp3) is 0.733. The molecule has 18 heavy (non-hydrogen) atoms. The van der Waals surface area contributed by atoms with E-state index in [9.17, 15) is 5.11 Å². The highest BCUT2D eigenvalue weighted by molar-refractivity contribution is 9.09. The molecular formula is C15H22BrClO.